The van der Waals surface area contributed by atoms with E-state index in [1.54, 1.807) is 31.1 Å². The molecule has 0 aromatic carbocycles. The third-order valence-electron chi connectivity index (χ3n) is 4.26. The van der Waals surface area contributed by atoms with Gasteiger partial charge >= 0.3 is 6.09 Å². The Balaban J connectivity index is 1.61. The number of methoxy groups -OCH3 is 1. The van der Waals surface area contributed by atoms with Crippen molar-refractivity contribution in [2.75, 3.05) is 32.1 Å². The number of carbonyl (C=O) groups excluding carboxylic acids is 1. The summed E-state index contributed by atoms with van der Waals surface area (Å²) in [7, 11) is 3.13. The van der Waals surface area contributed by atoms with E-state index >= 15 is 0 Å². The molecular formula is C17H18N6O3. The molecule has 0 spiro atoms. The quantitative estimate of drug-likeness (QED) is 0.756. The van der Waals surface area contributed by atoms with Crippen molar-refractivity contribution in [2.45, 2.75) is 6.10 Å². The second kappa shape index (κ2) is 6.51. The molecule has 1 aliphatic heterocycles. The Bertz CT molecular complexity index is 951. The predicted molar refractivity (Wildman–Crippen MR) is 94.3 cm³/mol. The SMILES string of the molecule is CNC(=O)OC1CN(c2ccn3ncc(-c4cccnc4OC)c3n2)C1. The van der Waals surface area contributed by atoms with Gasteiger partial charge in [-0.25, -0.2) is 19.3 Å². The second-order valence-electron chi connectivity index (χ2n) is 5.85. The fourth-order valence-electron chi connectivity index (χ4n) is 2.89. The van der Waals surface area contributed by atoms with Crippen molar-refractivity contribution in [3.8, 4) is 17.0 Å². The molecule has 0 bridgehead atoms. The maximum absolute atomic E-state index is 11.3. The molecule has 0 atom stereocenters. The van der Waals surface area contributed by atoms with Crippen molar-refractivity contribution in [3.05, 3.63) is 36.8 Å². The number of carbonyl (C=O) groups is 1. The van der Waals surface area contributed by atoms with Gasteiger partial charge < -0.3 is 19.7 Å². The van der Waals surface area contributed by atoms with Crippen LogP contribution in [0.5, 0.6) is 5.88 Å². The minimum atomic E-state index is -0.417. The molecule has 4 rings (SSSR count). The molecular weight excluding hydrogens is 336 g/mol. The largest absolute Gasteiger partial charge is 0.481 e. The lowest BCUT2D eigenvalue weighted by Crippen LogP contribution is -2.54. The molecule has 134 valence electrons. The van der Waals surface area contributed by atoms with E-state index in [2.05, 4.69) is 15.4 Å². The van der Waals surface area contributed by atoms with E-state index in [1.807, 2.05) is 29.3 Å². The molecule has 9 nitrogen and oxygen atoms in total. The minimum absolute atomic E-state index is 0.129. The molecule has 1 N–H and O–H groups in total. The average molecular weight is 354 g/mol. The molecule has 0 saturated carbocycles. The number of pyridine rings is 1. The van der Waals surface area contributed by atoms with Crippen molar-refractivity contribution >= 4 is 17.6 Å². The Kier molecular flexibility index (Phi) is 4.04. The fourth-order valence-corrected chi connectivity index (χ4v) is 2.89. The van der Waals surface area contributed by atoms with Crippen molar-refractivity contribution in [1.29, 1.82) is 0 Å². The van der Waals surface area contributed by atoms with E-state index < -0.39 is 6.09 Å². The van der Waals surface area contributed by atoms with Crippen LogP contribution in [0.2, 0.25) is 0 Å². The number of fused-ring (bicyclic) bond motifs is 1. The Labute approximate surface area is 149 Å². The number of aromatic nitrogens is 4. The summed E-state index contributed by atoms with van der Waals surface area (Å²) in [6.07, 6.45) is 4.74. The topological polar surface area (TPSA) is 93.9 Å². The van der Waals surface area contributed by atoms with Gasteiger partial charge in [0.1, 0.15) is 11.9 Å². The first-order valence-electron chi connectivity index (χ1n) is 8.16. The van der Waals surface area contributed by atoms with E-state index in [0.29, 0.717) is 24.6 Å². The number of hydrogen-bond donors (Lipinski definition) is 1. The van der Waals surface area contributed by atoms with Gasteiger partial charge in [0.25, 0.3) is 0 Å². The zero-order valence-electron chi connectivity index (χ0n) is 14.4. The van der Waals surface area contributed by atoms with Crippen LogP contribution in [0.15, 0.2) is 36.8 Å². The van der Waals surface area contributed by atoms with E-state index in [1.165, 1.54) is 0 Å². The van der Waals surface area contributed by atoms with Gasteiger partial charge in [-0.2, -0.15) is 5.10 Å². The van der Waals surface area contributed by atoms with Gasteiger partial charge in [-0.15, -0.1) is 0 Å². The molecule has 1 fully saturated rings. The Hall–Kier alpha value is -3.36. The van der Waals surface area contributed by atoms with E-state index in [4.69, 9.17) is 14.5 Å². The van der Waals surface area contributed by atoms with Gasteiger partial charge in [0.2, 0.25) is 5.88 Å². The van der Waals surface area contributed by atoms with Crippen LogP contribution < -0.4 is 15.0 Å². The van der Waals surface area contributed by atoms with Crippen molar-refractivity contribution in [2.24, 2.45) is 0 Å². The maximum Gasteiger partial charge on any atom is 0.407 e. The van der Waals surface area contributed by atoms with Gasteiger partial charge in [0.15, 0.2) is 5.65 Å². The first kappa shape index (κ1) is 16.1. The summed E-state index contributed by atoms with van der Waals surface area (Å²) in [5.74, 6) is 1.33. The molecule has 1 amide bonds. The van der Waals surface area contributed by atoms with Crippen molar-refractivity contribution < 1.29 is 14.3 Å². The molecule has 0 aliphatic carbocycles. The molecule has 0 unspecified atom stereocenters. The van der Waals surface area contributed by atoms with Gasteiger partial charge in [0, 0.05) is 25.0 Å². The van der Waals surface area contributed by atoms with Crippen LogP contribution in [0.3, 0.4) is 0 Å². The number of anilines is 1. The van der Waals surface area contributed by atoms with E-state index in [9.17, 15) is 4.79 Å². The molecule has 1 aliphatic rings. The Morgan fingerprint density at radius 3 is 2.92 bits per heavy atom. The van der Waals surface area contributed by atoms with Crippen molar-refractivity contribution in [1.82, 2.24) is 24.9 Å². The number of ether oxygens (including phenoxy) is 2. The first-order chi connectivity index (χ1) is 12.7. The Morgan fingerprint density at radius 1 is 1.31 bits per heavy atom. The van der Waals surface area contributed by atoms with E-state index in [-0.39, 0.29) is 6.10 Å². The smallest absolute Gasteiger partial charge is 0.407 e. The van der Waals surface area contributed by atoms with Crippen LogP contribution in [-0.4, -0.2) is 59.0 Å². The lowest BCUT2D eigenvalue weighted by molar-refractivity contribution is 0.0823. The summed E-state index contributed by atoms with van der Waals surface area (Å²) < 4.78 is 12.3. The predicted octanol–water partition coefficient (Wildman–Crippen LogP) is 1.34. The number of nitrogens with zero attached hydrogens (tertiary/aromatic N) is 5. The summed E-state index contributed by atoms with van der Waals surface area (Å²) >= 11 is 0. The standard InChI is InChI=1S/C17H18N6O3/c1-18-17(24)26-11-9-22(10-11)14-5-7-23-15(21-14)13(8-20-23)12-4-3-6-19-16(12)25-2/h3-8,11H,9-10H2,1-2H3,(H,18,24). The van der Waals surface area contributed by atoms with Crippen LogP contribution >= 0.6 is 0 Å². The number of rotatable bonds is 4. The first-order valence-corrected chi connectivity index (χ1v) is 8.16. The number of amides is 1. The summed E-state index contributed by atoms with van der Waals surface area (Å²) in [6, 6.07) is 5.66. The third kappa shape index (κ3) is 2.77. The summed E-state index contributed by atoms with van der Waals surface area (Å²) in [6.45, 7) is 1.21. The third-order valence-corrected chi connectivity index (χ3v) is 4.26. The zero-order valence-corrected chi connectivity index (χ0v) is 14.4. The highest BCUT2D eigenvalue weighted by Crippen LogP contribution is 2.31. The summed E-state index contributed by atoms with van der Waals surface area (Å²) in [4.78, 5) is 22.3. The zero-order chi connectivity index (χ0) is 18.1. The van der Waals surface area contributed by atoms with Gasteiger partial charge in [-0.1, -0.05) is 0 Å². The van der Waals surface area contributed by atoms with Crippen LogP contribution in [0.1, 0.15) is 0 Å². The number of hydrogen-bond acceptors (Lipinski definition) is 7. The molecule has 3 aromatic rings. The molecule has 4 heterocycles. The lowest BCUT2D eigenvalue weighted by Gasteiger charge is -2.39. The molecule has 0 radical (unpaired) electrons. The Morgan fingerprint density at radius 2 is 2.15 bits per heavy atom. The highest BCUT2D eigenvalue weighted by Gasteiger charge is 2.31. The summed E-state index contributed by atoms with van der Waals surface area (Å²) in [5, 5.41) is 6.81. The number of alkyl carbamates (subject to hydrolysis) is 1. The van der Waals surface area contributed by atoms with Crippen LogP contribution in [0.4, 0.5) is 10.6 Å². The highest BCUT2D eigenvalue weighted by molar-refractivity contribution is 5.80. The van der Waals surface area contributed by atoms with Crippen LogP contribution in [0.25, 0.3) is 16.8 Å². The fraction of sp³-hybridized carbons (Fsp3) is 0.294. The summed E-state index contributed by atoms with van der Waals surface area (Å²) in [5.41, 5.74) is 2.39. The van der Waals surface area contributed by atoms with Crippen molar-refractivity contribution in [3.63, 3.8) is 0 Å². The molecule has 26 heavy (non-hydrogen) atoms. The normalized spacial score (nSPS) is 14.2. The highest BCUT2D eigenvalue weighted by atomic mass is 16.6. The maximum atomic E-state index is 11.3. The van der Waals surface area contributed by atoms with E-state index in [0.717, 1.165) is 16.9 Å². The average Bonchev–Trinajstić information content (AvgIpc) is 3.06. The minimum Gasteiger partial charge on any atom is -0.481 e. The number of nitrogens with one attached hydrogen (secondary N) is 1. The van der Waals surface area contributed by atoms with Gasteiger partial charge in [-0.3, -0.25) is 0 Å². The van der Waals surface area contributed by atoms with Crippen LogP contribution in [0, 0.1) is 0 Å². The molecule has 1 saturated heterocycles. The molecule has 9 heteroatoms. The molecule has 3 aromatic heterocycles. The van der Waals surface area contributed by atoms with Gasteiger partial charge in [-0.05, 0) is 18.2 Å². The lowest BCUT2D eigenvalue weighted by atomic mass is 10.1. The van der Waals surface area contributed by atoms with Gasteiger partial charge in [0.05, 0.1) is 32.0 Å². The monoisotopic (exact) mass is 354 g/mol. The second-order valence-corrected chi connectivity index (χ2v) is 5.85. The van der Waals surface area contributed by atoms with Crippen LogP contribution in [-0.2, 0) is 4.74 Å².